The van der Waals surface area contributed by atoms with E-state index in [1.807, 2.05) is 6.92 Å². The third kappa shape index (κ3) is 3.84. The molecule has 2 rings (SSSR count). The molecular formula is C16H20N2O4S2. The summed E-state index contributed by atoms with van der Waals surface area (Å²) < 4.78 is 49.2. The Bertz CT molecular complexity index is 919. The van der Waals surface area contributed by atoms with Crippen LogP contribution in [0.25, 0.3) is 0 Å². The molecule has 0 fully saturated rings. The van der Waals surface area contributed by atoms with E-state index in [4.69, 9.17) is 5.14 Å². The molecule has 0 radical (unpaired) electrons. The summed E-state index contributed by atoms with van der Waals surface area (Å²) in [6.07, 6.45) is 0. The summed E-state index contributed by atoms with van der Waals surface area (Å²) in [5, 5.41) is 5.07. The first kappa shape index (κ1) is 18.6. The van der Waals surface area contributed by atoms with Crippen molar-refractivity contribution in [3.05, 3.63) is 59.7 Å². The molecule has 2 aromatic rings. The molecule has 0 heterocycles. The van der Waals surface area contributed by atoms with E-state index < -0.39 is 26.1 Å². The zero-order valence-corrected chi connectivity index (χ0v) is 15.3. The third-order valence-electron chi connectivity index (χ3n) is 3.93. The van der Waals surface area contributed by atoms with Crippen molar-refractivity contribution in [2.24, 2.45) is 5.14 Å². The number of hydrogen-bond donors (Lipinski definition) is 1. The third-order valence-corrected chi connectivity index (χ3v) is 6.81. The lowest BCUT2D eigenvalue weighted by Crippen LogP contribution is -2.29. The predicted octanol–water partition coefficient (Wildman–Crippen LogP) is 2.02. The van der Waals surface area contributed by atoms with Crippen LogP contribution < -0.4 is 5.14 Å². The Balaban J connectivity index is 2.31. The van der Waals surface area contributed by atoms with Crippen LogP contribution in [0, 0.1) is 6.92 Å². The van der Waals surface area contributed by atoms with Gasteiger partial charge in [0.25, 0.3) is 0 Å². The zero-order chi connectivity index (χ0) is 18.1. The summed E-state index contributed by atoms with van der Waals surface area (Å²) in [5.41, 5.74) is 1.64. The Morgan fingerprint density at radius 2 is 1.33 bits per heavy atom. The normalized spacial score (nSPS) is 13.9. The van der Waals surface area contributed by atoms with Crippen LogP contribution in [0.5, 0.6) is 0 Å². The van der Waals surface area contributed by atoms with Gasteiger partial charge in [-0.15, -0.1) is 0 Å². The topological polar surface area (TPSA) is 97.5 Å². The van der Waals surface area contributed by atoms with E-state index in [0.29, 0.717) is 5.56 Å². The molecule has 2 aromatic carbocycles. The van der Waals surface area contributed by atoms with Gasteiger partial charge in [0.15, 0.2) is 0 Å². The van der Waals surface area contributed by atoms with E-state index in [9.17, 15) is 16.8 Å². The van der Waals surface area contributed by atoms with Gasteiger partial charge in [-0.25, -0.2) is 22.0 Å². The van der Waals surface area contributed by atoms with Crippen molar-refractivity contribution >= 4 is 20.0 Å². The first-order valence-electron chi connectivity index (χ1n) is 7.21. The van der Waals surface area contributed by atoms with Crippen molar-refractivity contribution in [1.29, 1.82) is 0 Å². The van der Waals surface area contributed by atoms with Crippen LogP contribution in [-0.4, -0.2) is 28.2 Å². The second-order valence-electron chi connectivity index (χ2n) is 5.62. The number of rotatable bonds is 5. The van der Waals surface area contributed by atoms with Crippen molar-refractivity contribution in [3.8, 4) is 0 Å². The van der Waals surface area contributed by atoms with Gasteiger partial charge in [-0.1, -0.05) is 29.8 Å². The van der Waals surface area contributed by atoms with Crippen molar-refractivity contribution in [1.82, 2.24) is 4.31 Å². The van der Waals surface area contributed by atoms with Crippen LogP contribution in [0.15, 0.2) is 58.3 Å². The van der Waals surface area contributed by atoms with Crippen LogP contribution in [0.4, 0.5) is 0 Å². The van der Waals surface area contributed by atoms with E-state index in [0.717, 1.165) is 5.56 Å². The summed E-state index contributed by atoms with van der Waals surface area (Å²) in [6, 6.07) is 12.0. The maximum absolute atomic E-state index is 12.7. The molecule has 1 unspecified atom stereocenters. The lowest BCUT2D eigenvalue weighted by atomic mass is 10.1. The summed E-state index contributed by atoms with van der Waals surface area (Å²) in [5.74, 6) is 0. The Morgan fingerprint density at radius 3 is 1.79 bits per heavy atom. The van der Waals surface area contributed by atoms with Gasteiger partial charge in [0.2, 0.25) is 20.0 Å². The largest absolute Gasteiger partial charge is 0.243 e. The molecule has 0 aliphatic rings. The minimum absolute atomic E-state index is 0.0116. The van der Waals surface area contributed by atoms with E-state index in [1.54, 1.807) is 43.3 Å². The van der Waals surface area contributed by atoms with Crippen molar-refractivity contribution in [2.75, 3.05) is 7.05 Å². The van der Waals surface area contributed by atoms with Gasteiger partial charge in [0, 0.05) is 13.1 Å². The maximum atomic E-state index is 12.7. The Hall–Kier alpha value is -1.74. The Labute approximate surface area is 143 Å². The van der Waals surface area contributed by atoms with Crippen molar-refractivity contribution in [3.63, 3.8) is 0 Å². The molecule has 6 nitrogen and oxygen atoms in total. The highest BCUT2D eigenvalue weighted by molar-refractivity contribution is 7.89. The van der Waals surface area contributed by atoms with Gasteiger partial charge in [-0.05, 0) is 43.7 Å². The fourth-order valence-corrected chi connectivity index (χ4v) is 4.10. The maximum Gasteiger partial charge on any atom is 0.243 e. The molecule has 130 valence electrons. The van der Waals surface area contributed by atoms with Gasteiger partial charge in [-0.3, -0.25) is 0 Å². The monoisotopic (exact) mass is 368 g/mol. The van der Waals surface area contributed by atoms with Gasteiger partial charge >= 0.3 is 0 Å². The van der Waals surface area contributed by atoms with E-state index in [-0.39, 0.29) is 9.79 Å². The minimum atomic E-state index is -3.77. The lowest BCUT2D eigenvalue weighted by Gasteiger charge is -2.25. The molecule has 2 N–H and O–H groups in total. The fraction of sp³-hybridized carbons (Fsp3) is 0.250. The fourth-order valence-electron chi connectivity index (χ4n) is 2.23. The highest BCUT2D eigenvalue weighted by Gasteiger charge is 2.26. The van der Waals surface area contributed by atoms with Crippen molar-refractivity contribution in [2.45, 2.75) is 29.7 Å². The molecule has 0 saturated heterocycles. The molecule has 0 saturated carbocycles. The van der Waals surface area contributed by atoms with Crippen LogP contribution in [0.3, 0.4) is 0 Å². The average Bonchev–Trinajstić information content (AvgIpc) is 2.53. The highest BCUT2D eigenvalue weighted by Crippen LogP contribution is 2.26. The van der Waals surface area contributed by atoms with Gasteiger partial charge < -0.3 is 0 Å². The summed E-state index contributed by atoms with van der Waals surface area (Å²) in [7, 11) is -5.93. The number of sulfonamides is 2. The van der Waals surface area contributed by atoms with E-state index >= 15 is 0 Å². The lowest BCUT2D eigenvalue weighted by molar-refractivity contribution is 0.398. The summed E-state index contributed by atoms with van der Waals surface area (Å²) in [4.78, 5) is 0.200. The number of nitrogens with zero attached hydrogens (tertiary/aromatic N) is 1. The second-order valence-corrected chi connectivity index (χ2v) is 9.18. The number of hydrogen-bond acceptors (Lipinski definition) is 4. The summed E-state index contributed by atoms with van der Waals surface area (Å²) >= 11 is 0. The molecule has 24 heavy (non-hydrogen) atoms. The Morgan fingerprint density at radius 1 is 0.875 bits per heavy atom. The van der Waals surface area contributed by atoms with Gasteiger partial charge in [-0.2, -0.15) is 4.31 Å². The molecule has 0 spiro atoms. The van der Waals surface area contributed by atoms with Crippen LogP contribution in [0.1, 0.15) is 24.1 Å². The quantitative estimate of drug-likeness (QED) is 0.873. The molecular weight excluding hydrogens is 348 g/mol. The first-order chi connectivity index (χ1) is 11.0. The predicted molar refractivity (Wildman–Crippen MR) is 92.4 cm³/mol. The molecule has 0 amide bonds. The standard InChI is InChI=1S/C16H20N2O4S2/c1-12-4-8-16(9-5-12)24(21,22)18(3)13(2)14-6-10-15(11-7-14)23(17,19)20/h4-11,13H,1-3H3,(H2,17,19,20). The number of benzene rings is 2. The number of primary sulfonamides is 1. The Kier molecular flexibility index (Phi) is 5.14. The highest BCUT2D eigenvalue weighted by atomic mass is 32.2. The van der Waals surface area contributed by atoms with E-state index in [1.165, 1.54) is 23.5 Å². The van der Waals surface area contributed by atoms with E-state index in [2.05, 4.69) is 0 Å². The molecule has 8 heteroatoms. The molecule has 0 bridgehead atoms. The second kappa shape index (κ2) is 6.64. The molecule has 0 aromatic heterocycles. The molecule has 1 atom stereocenters. The zero-order valence-electron chi connectivity index (χ0n) is 13.7. The van der Waals surface area contributed by atoms with Crippen LogP contribution in [-0.2, 0) is 20.0 Å². The van der Waals surface area contributed by atoms with Crippen molar-refractivity contribution < 1.29 is 16.8 Å². The average molecular weight is 368 g/mol. The number of nitrogens with two attached hydrogens (primary N) is 1. The van der Waals surface area contributed by atoms with Crippen LogP contribution in [0.2, 0.25) is 0 Å². The SMILES string of the molecule is Cc1ccc(S(=O)(=O)N(C)C(C)c2ccc(S(N)(=O)=O)cc2)cc1. The molecule has 0 aliphatic heterocycles. The van der Waals surface area contributed by atoms with Crippen LogP contribution >= 0.6 is 0 Å². The molecule has 0 aliphatic carbocycles. The first-order valence-corrected chi connectivity index (χ1v) is 10.2. The smallest absolute Gasteiger partial charge is 0.225 e. The number of aryl methyl sites for hydroxylation is 1. The summed E-state index contributed by atoms with van der Waals surface area (Å²) in [6.45, 7) is 3.62. The van der Waals surface area contributed by atoms with Gasteiger partial charge in [0.1, 0.15) is 0 Å². The minimum Gasteiger partial charge on any atom is -0.225 e. The van der Waals surface area contributed by atoms with Gasteiger partial charge in [0.05, 0.1) is 9.79 Å².